The van der Waals surface area contributed by atoms with Crippen LogP contribution in [0.2, 0.25) is 18.6 Å². The van der Waals surface area contributed by atoms with Crippen LogP contribution < -0.4 is 9.80 Å². The van der Waals surface area contributed by atoms with Gasteiger partial charge in [0.15, 0.2) is 5.60 Å². The monoisotopic (exact) mass is 456 g/mol. The van der Waals surface area contributed by atoms with Gasteiger partial charge in [-0.25, -0.2) is 0 Å². The Bertz CT molecular complexity index is 1030. The van der Waals surface area contributed by atoms with Crippen molar-refractivity contribution >= 4 is 37.8 Å². The number of benzene rings is 2. The lowest BCUT2D eigenvalue weighted by Gasteiger charge is -2.31. The van der Waals surface area contributed by atoms with Crippen molar-refractivity contribution in [3.8, 4) is 0 Å². The lowest BCUT2D eigenvalue weighted by atomic mass is 9.82. The van der Waals surface area contributed by atoms with Crippen LogP contribution in [0.5, 0.6) is 0 Å². The molecule has 1 N–H and O–H groups in total. The van der Waals surface area contributed by atoms with E-state index in [1.54, 1.807) is 43.2 Å². The molecule has 8 heteroatoms. The fraction of sp³-hybridized carbons (Fsp3) is 0.417. The minimum Gasteiger partial charge on any atom is -0.396 e. The van der Waals surface area contributed by atoms with Crippen LogP contribution in [0.25, 0.3) is 0 Å². The van der Waals surface area contributed by atoms with E-state index in [2.05, 4.69) is 0 Å². The van der Waals surface area contributed by atoms with Gasteiger partial charge in [0.25, 0.3) is 5.91 Å². The number of anilines is 3. The number of hydrogen-bond acceptors (Lipinski definition) is 4. The zero-order chi connectivity index (χ0) is 23.3. The largest absolute Gasteiger partial charge is 0.396 e. The Balaban J connectivity index is 1.86. The van der Waals surface area contributed by atoms with Gasteiger partial charge in [-0.1, -0.05) is 25.1 Å². The zero-order valence-electron chi connectivity index (χ0n) is 18.8. The molecule has 2 heterocycles. The van der Waals surface area contributed by atoms with Gasteiger partial charge in [0, 0.05) is 42.1 Å². The fourth-order valence-electron chi connectivity index (χ4n) is 5.55. The molecular formula is C24H29FN2O4Si. The molecule has 0 radical (unpaired) electrons. The van der Waals surface area contributed by atoms with Crippen LogP contribution in [0.4, 0.5) is 21.2 Å². The molecule has 32 heavy (non-hydrogen) atoms. The summed E-state index contributed by atoms with van der Waals surface area (Å²) in [6.45, 7) is 4.99. The SMILES string of the molecule is C[C@@H]1[C@@H]([Si](C)(C)F)[C@H](CCO)O[C@@]12C(=O)N(C)c1ccc(N(C=O)c3ccccc3)cc12. The number of para-hydroxylation sites is 1. The number of nitrogens with zero attached hydrogens (tertiary/aromatic N) is 2. The summed E-state index contributed by atoms with van der Waals surface area (Å²) in [5.74, 6) is -0.656. The zero-order valence-corrected chi connectivity index (χ0v) is 19.8. The summed E-state index contributed by atoms with van der Waals surface area (Å²) in [5.41, 5.74) is 0.835. The molecule has 4 atom stereocenters. The van der Waals surface area contributed by atoms with Gasteiger partial charge < -0.3 is 18.9 Å². The van der Waals surface area contributed by atoms with Crippen molar-refractivity contribution in [3.05, 3.63) is 54.1 Å². The molecule has 0 aliphatic carbocycles. The second-order valence-electron chi connectivity index (χ2n) is 9.16. The maximum atomic E-state index is 15.4. The topological polar surface area (TPSA) is 70.1 Å². The number of rotatable bonds is 6. The molecule has 4 rings (SSSR count). The van der Waals surface area contributed by atoms with Crippen LogP contribution in [0.1, 0.15) is 18.9 Å². The smallest absolute Gasteiger partial charge is 0.264 e. The van der Waals surface area contributed by atoms with Gasteiger partial charge in [-0.05, 0) is 49.8 Å². The van der Waals surface area contributed by atoms with Crippen molar-refractivity contribution in [2.75, 3.05) is 23.5 Å². The molecule has 2 aliphatic heterocycles. The molecule has 0 bridgehead atoms. The van der Waals surface area contributed by atoms with E-state index in [4.69, 9.17) is 4.74 Å². The van der Waals surface area contributed by atoms with Crippen molar-refractivity contribution in [1.82, 2.24) is 0 Å². The molecule has 1 saturated heterocycles. The molecule has 0 unspecified atom stereocenters. The average Bonchev–Trinajstić information content (AvgIpc) is 3.17. The number of halogens is 1. The van der Waals surface area contributed by atoms with Crippen LogP contribution in [0, 0.1) is 5.92 Å². The Morgan fingerprint density at radius 3 is 2.50 bits per heavy atom. The van der Waals surface area contributed by atoms with Crippen LogP contribution in [0.15, 0.2) is 48.5 Å². The quantitative estimate of drug-likeness (QED) is 0.403. The summed E-state index contributed by atoms with van der Waals surface area (Å²) in [6.07, 6.45) is 0.455. The number of amides is 2. The van der Waals surface area contributed by atoms with Crippen molar-refractivity contribution in [1.29, 1.82) is 0 Å². The number of ether oxygens (including phenoxy) is 1. The summed E-state index contributed by atoms with van der Waals surface area (Å²) in [4.78, 5) is 28.6. The summed E-state index contributed by atoms with van der Waals surface area (Å²) >= 11 is 0. The summed E-state index contributed by atoms with van der Waals surface area (Å²) in [5, 5.41) is 9.59. The predicted octanol–water partition coefficient (Wildman–Crippen LogP) is 4.11. The minimum atomic E-state index is -3.22. The van der Waals surface area contributed by atoms with Crippen molar-refractivity contribution in [3.63, 3.8) is 0 Å². The highest BCUT2D eigenvalue weighted by Crippen LogP contribution is 2.60. The van der Waals surface area contributed by atoms with Crippen LogP contribution in [0.3, 0.4) is 0 Å². The Hall–Kier alpha value is -2.55. The van der Waals surface area contributed by atoms with Crippen LogP contribution >= 0.6 is 0 Å². The molecule has 0 saturated carbocycles. The van der Waals surface area contributed by atoms with E-state index in [0.29, 0.717) is 22.6 Å². The van der Waals surface area contributed by atoms with Gasteiger partial charge in [-0.3, -0.25) is 14.5 Å². The number of fused-ring (bicyclic) bond motifs is 2. The lowest BCUT2D eigenvalue weighted by molar-refractivity contribution is -0.146. The predicted molar refractivity (Wildman–Crippen MR) is 124 cm³/mol. The van der Waals surface area contributed by atoms with E-state index >= 15 is 4.11 Å². The van der Waals surface area contributed by atoms with Crippen molar-refractivity contribution in [2.24, 2.45) is 5.92 Å². The van der Waals surface area contributed by atoms with Crippen LogP contribution in [-0.2, 0) is 19.9 Å². The van der Waals surface area contributed by atoms with E-state index < -0.39 is 31.6 Å². The number of aliphatic hydroxyl groups excluding tert-OH is 1. The van der Waals surface area contributed by atoms with Gasteiger partial charge in [0.2, 0.25) is 14.8 Å². The van der Waals surface area contributed by atoms with Gasteiger partial charge in [0.1, 0.15) is 0 Å². The third-order valence-electron chi connectivity index (χ3n) is 6.91. The Labute approximate surface area is 188 Å². The third kappa shape index (κ3) is 3.28. The van der Waals surface area contributed by atoms with Crippen LogP contribution in [-0.4, -0.2) is 45.6 Å². The number of likely N-dealkylation sites (N-methyl/N-ethyl adjacent to an activating group) is 1. The summed E-state index contributed by atoms with van der Waals surface area (Å²) in [6, 6.07) is 14.6. The molecule has 2 aromatic carbocycles. The second-order valence-corrected chi connectivity index (χ2v) is 13.0. The average molecular weight is 457 g/mol. The van der Waals surface area contributed by atoms with Gasteiger partial charge >= 0.3 is 0 Å². The molecule has 0 aromatic heterocycles. The van der Waals surface area contributed by atoms with E-state index in [-0.39, 0.29) is 18.9 Å². The number of carbonyl (C=O) groups excluding carboxylic acids is 2. The molecule has 2 aliphatic rings. The van der Waals surface area contributed by atoms with Gasteiger partial charge in [-0.15, -0.1) is 0 Å². The van der Waals surface area contributed by atoms with Gasteiger partial charge in [-0.2, -0.15) is 0 Å². The van der Waals surface area contributed by atoms with Crippen molar-refractivity contribution < 1.29 is 23.5 Å². The molecule has 6 nitrogen and oxygen atoms in total. The first kappa shape index (κ1) is 22.6. The highest BCUT2D eigenvalue weighted by atomic mass is 28.4. The fourth-order valence-corrected chi connectivity index (χ4v) is 8.09. The summed E-state index contributed by atoms with van der Waals surface area (Å²) in [7, 11) is -1.54. The molecular weight excluding hydrogens is 427 g/mol. The maximum absolute atomic E-state index is 15.4. The first-order valence-electron chi connectivity index (χ1n) is 10.9. The van der Waals surface area contributed by atoms with E-state index in [1.165, 1.54) is 4.90 Å². The van der Waals surface area contributed by atoms with E-state index in [9.17, 15) is 14.7 Å². The Kier molecular flexibility index (Phi) is 5.73. The standard InChI is InChI=1S/C24H29FN2O4Si/c1-16-22(32(3,4)25)21(12-13-28)31-24(16)19-14-18(10-11-20(19)26(2)23(24)30)27(15-29)17-8-6-5-7-9-17/h5-11,14-16,21-22,28H,12-13H2,1-4H3/t16-,21+,22-,24+/m1/s1. The Morgan fingerprint density at radius 1 is 1.22 bits per heavy atom. The van der Waals surface area contributed by atoms with E-state index in [1.807, 2.05) is 37.3 Å². The molecule has 2 aromatic rings. The molecule has 1 spiro atoms. The normalized spacial score (nSPS) is 27.1. The number of hydrogen-bond donors (Lipinski definition) is 1. The summed E-state index contributed by atoms with van der Waals surface area (Å²) < 4.78 is 21.9. The first-order valence-corrected chi connectivity index (χ1v) is 13.8. The lowest BCUT2D eigenvalue weighted by Crippen LogP contribution is -2.44. The minimum absolute atomic E-state index is 0.141. The second kappa shape index (κ2) is 8.10. The molecule has 2 amide bonds. The highest BCUT2D eigenvalue weighted by molar-refractivity contribution is 6.72. The molecule has 1 fully saturated rings. The number of carbonyl (C=O) groups is 2. The Morgan fingerprint density at radius 2 is 1.91 bits per heavy atom. The molecule has 170 valence electrons. The maximum Gasteiger partial charge on any atom is 0.264 e. The van der Waals surface area contributed by atoms with E-state index in [0.717, 1.165) is 6.41 Å². The first-order chi connectivity index (χ1) is 15.2. The highest BCUT2D eigenvalue weighted by Gasteiger charge is 2.66. The number of aliphatic hydroxyl groups is 1. The third-order valence-corrected chi connectivity index (χ3v) is 9.36. The van der Waals surface area contributed by atoms with Crippen molar-refractivity contribution in [2.45, 2.75) is 43.7 Å². The van der Waals surface area contributed by atoms with Gasteiger partial charge in [0.05, 0.1) is 11.8 Å².